The molecule has 1 heterocycles. The first-order valence-electron chi connectivity index (χ1n) is 8.80. The Balaban J connectivity index is 2.73. The number of carbonyl (C=O) groups excluding carboxylic acids is 1. The van der Waals surface area contributed by atoms with Crippen LogP contribution in [-0.2, 0) is 9.53 Å². The molecule has 0 atom stereocenters. The Morgan fingerprint density at radius 3 is 2.57 bits per heavy atom. The van der Waals surface area contributed by atoms with E-state index in [1.807, 2.05) is 19.9 Å². The number of nitrogens with zero attached hydrogens (tertiary/aromatic N) is 3. The van der Waals surface area contributed by atoms with Crippen LogP contribution >= 0.6 is 0 Å². The normalized spacial score (nSPS) is 10.8. The maximum absolute atomic E-state index is 12.5. The molecule has 0 aliphatic heterocycles. The van der Waals surface area contributed by atoms with Gasteiger partial charge in [-0.2, -0.15) is 10.5 Å². The fraction of sp³-hybridized carbons (Fsp3) is 0.300. The number of benzene rings is 1. The Labute approximate surface area is 162 Å². The molecule has 0 aliphatic carbocycles. The second kappa shape index (κ2) is 9.24. The molecule has 2 aromatic rings. The van der Waals surface area contributed by atoms with Crippen LogP contribution in [0.1, 0.15) is 26.3 Å². The summed E-state index contributed by atoms with van der Waals surface area (Å²) in [4.78, 5) is 26.5. The van der Waals surface area contributed by atoms with Gasteiger partial charge in [0, 0.05) is 30.2 Å². The first kappa shape index (κ1) is 20.5. The zero-order valence-corrected chi connectivity index (χ0v) is 15.9. The molecule has 8 nitrogen and oxygen atoms in total. The highest BCUT2D eigenvalue weighted by molar-refractivity contribution is 6.02. The van der Waals surface area contributed by atoms with Crippen LogP contribution in [0, 0.1) is 22.8 Å². The Hall–Kier alpha value is -3.78. The third-order valence-electron chi connectivity index (χ3n) is 4.14. The van der Waals surface area contributed by atoms with Crippen molar-refractivity contribution in [3.8, 4) is 12.3 Å². The van der Waals surface area contributed by atoms with E-state index in [1.165, 1.54) is 0 Å². The van der Waals surface area contributed by atoms with Gasteiger partial charge in [-0.3, -0.25) is 5.32 Å². The fourth-order valence-electron chi connectivity index (χ4n) is 2.80. The molecule has 1 N–H and O–H groups in total. The molecule has 0 fully saturated rings. The van der Waals surface area contributed by atoms with E-state index in [0.29, 0.717) is 11.0 Å². The van der Waals surface area contributed by atoms with Gasteiger partial charge in [-0.25, -0.2) is 9.59 Å². The van der Waals surface area contributed by atoms with Gasteiger partial charge in [0.05, 0.1) is 17.9 Å². The molecular weight excluding hydrogens is 360 g/mol. The van der Waals surface area contributed by atoms with Crippen molar-refractivity contribution < 1.29 is 13.9 Å². The average Bonchev–Trinajstić information content (AvgIpc) is 2.68. The van der Waals surface area contributed by atoms with E-state index in [0.717, 1.165) is 24.9 Å². The maximum Gasteiger partial charge on any atom is 0.348 e. The number of carbonyl (C=O) groups is 1. The van der Waals surface area contributed by atoms with Crippen LogP contribution in [0.3, 0.4) is 0 Å². The summed E-state index contributed by atoms with van der Waals surface area (Å²) in [5, 5.41) is 21.3. The van der Waals surface area contributed by atoms with Crippen LogP contribution in [-0.4, -0.2) is 25.7 Å². The molecule has 0 unspecified atom stereocenters. The second-order valence-corrected chi connectivity index (χ2v) is 5.66. The number of ether oxygens (including phenoxy) is 1. The predicted octanol–water partition coefficient (Wildman–Crippen LogP) is 3.00. The van der Waals surface area contributed by atoms with Crippen molar-refractivity contribution in [2.24, 2.45) is 0 Å². The van der Waals surface area contributed by atoms with E-state index in [2.05, 4.69) is 10.2 Å². The summed E-state index contributed by atoms with van der Waals surface area (Å²) < 4.78 is 10.2. The molecule has 1 aromatic carbocycles. The summed E-state index contributed by atoms with van der Waals surface area (Å²) in [7, 11) is 0. The Morgan fingerprint density at radius 2 is 2.00 bits per heavy atom. The third kappa shape index (κ3) is 4.13. The third-order valence-corrected chi connectivity index (χ3v) is 4.14. The minimum Gasteiger partial charge on any atom is -0.462 e. The minimum atomic E-state index is -0.857. The predicted molar refractivity (Wildman–Crippen MR) is 106 cm³/mol. The number of esters is 1. The maximum atomic E-state index is 12.5. The SMILES string of the molecule is CCOC(=O)C(C#N)=Cc1c(NC#N)c2ccc(N(CC)CC)cc2oc1=O. The van der Waals surface area contributed by atoms with Gasteiger partial charge in [-0.05, 0) is 39.0 Å². The second-order valence-electron chi connectivity index (χ2n) is 5.66. The van der Waals surface area contributed by atoms with Crippen molar-refractivity contribution in [3.63, 3.8) is 0 Å². The summed E-state index contributed by atoms with van der Waals surface area (Å²) in [6, 6.07) is 7.00. The Morgan fingerprint density at radius 1 is 1.29 bits per heavy atom. The van der Waals surface area contributed by atoms with Crippen molar-refractivity contribution in [2.45, 2.75) is 20.8 Å². The monoisotopic (exact) mass is 380 g/mol. The standard InChI is InChI=1S/C20H20N4O4/c1-4-24(5-2)14-7-8-15-17(10-14)28-20(26)16(18(15)23-12-22)9-13(11-21)19(25)27-6-3/h7-10,23H,4-6H2,1-3H3. The summed E-state index contributed by atoms with van der Waals surface area (Å²) in [6.07, 6.45) is 2.85. The highest BCUT2D eigenvalue weighted by Gasteiger charge is 2.18. The van der Waals surface area contributed by atoms with Gasteiger partial charge in [-0.1, -0.05) is 0 Å². The van der Waals surface area contributed by atoms with Gasteiger partial charge in [0.15, 0.2) is 6.19 Å². The van der Waals surface area contributed by atoms with Crippen LogP contribution < -0.4 is 15.8 Å². The topological polar surface area (TPSA) is 119 Å². The smallest absolute Gasteiger partial charge is 0.348 e. The summed E-state index contributed by atoms with van der Waals surface area (Å²) >= 11 is 0. The zero-order chi connectivity index (χ0) is 20.7. The van der Waals surface area contributed by atoms with E-state index in [-0.39, 0.29) is 23.4 Å². The Kier molecular flexibility index (Phi) is 6.78. The molecule has 144 valence electrons. The van der Waals surface area contributed by atoms with Crippen molar-refractivity contribution in [1.29, 1.82) is 10.5 Å². The minimum absolute atomic E-state index is 0.0849. The molecule has 8 heteroatoms. The number of nitriles is 2. The van der Waals surface area contributed by atoms with E-state index >= 15 is 0 Å². The molecule has 1 aromatic heterocycles. The van der Waals surface area contributed by atoms with Crippen LogP contribution in [0.2, 0.25) is 0 Å². The summed E-state index contributed by atoms with van der Waals surface area (Å²) in [5.74, 6) is -0.857. The fourth-order valence-corrected chi connectivity index (χ4v) is 2.80. The largest absolute Gasteiger partial charge is 0.462 e. The van der Waals surface area contributed by atoms with Gasteiger partial charge in [0.2, 0.25) is 0 Å². The molecule has 2 rings (SSSR count). The number of hydrogen-bond acceptors (Lipinski definition) is 8. The lowest BCUT2D eigenvalue weighted by atomic mass is 10.1. The highest BCUT2D eigenvalue weighted by Crippen LogP contribution is 2.30. The molecular formula is C20H20N4O4. The highest BCUT2D eigenvalue weighted by atomic mass is 16.5. The van der Waals surface area contributed by atoms with E-state index in [4.69, 9.17) is 14.4 Å². The van der Waals surface area contributed by atoms with E-state index in [9.17, 15) is 14.9 Å². The quantitative estimate of drug-likeness (QED) is 0.194. The van der Waals surface area contributed by atoms with Gasteiger partial charge in [0.1, 0.15) is 17.2 Å². The Bertz CT molecular complexity index is 1050. The summed E-state index contributed by atoms with van der Waals surface area (Å²) in [5.41, 5.74) is 0.0782. The lowest BCUT2D eigenvalue weighted by Crippen LogP contribution is -2.21. The lowest BCUT2D eigenvalue weighted by molar-refractivity contribution is -0.137. The summed E-state index contributed by atoms with van der Waals surface area (Å²) in [6.45, 7) is 7.27. The van der Waals surface area contributed by atoms with Crippen LogP contribution in [0.4, 0.5) is 11.4 Å². The first-order chi connectivity index (χ1) is 13.5. The molecule has 0 bridgehead atoms. The van der Waals surface area contributed by atoms with Gasteiger partial charge >= 0.3 is 11.6 Å². The number of nitrogens with one attached hydrogen (secondary N) is 1. The van der Waals surface area contributed by atoms with Crippen molar-refractivity contribution in [3.05, 3.63) is 39.8 Å². The first-order valence-corrected chi connectivity index (χ1v) is 8.80. The van der Waals surface area contributed by atoms with Crippen molar-refractivity contribution >= 4 is 34.4 Å². The van der Waals surface area contributed by atoms with Crippen LogP contribution in [0.15, 0.2) is 33.0 Å². The van der Waals surface area contributed by atoms with Crippen LogP contribution in [0.5, 0.6) is 0 Å². The lowest BCUT2D eigenvalue weighted by Gasteiger charge is -2.21. The van der Waals surface area contributed by atoms with E-state index in [1.54, 1.807) is 31.3 Å². The number of hydrogen-bond donors (Lipinski definition) is 1. The molecule has 0 amide bonds. The van der Waals surface area contributed by atoms with Gasteiger partial charge in [0.25, 0.3) is 0 Å². The molecule has 0 saturated heterocycles. The zero-order valence-electron chi connectivity index (χ0n) is 15.9. The molecule has 0 aliphatic rings. The molecule has 0 radical (unpaired) electrons. The van der Waals surface area contributed by atoms with Gasteiger partial charge in [-0.15, -0.1) is 0 Å². The van der Waals surface area contributed by atoms with Crippen molar-refractivity contribution in [1.82, 2.24) is 0 Å². The van der Waals surface area contributed by atoms with Gasteiger partial charge < -0.3 is 14.1 Å². The molecule has 0 spiro atoms. The average molecular weight is 380 g/mol. The number of fused-ring (bicyclic) bond motifs is 1. The van der Waals surface area contributed by atoms with E-state index < -0.39 is 11.6 Å². The number of rotatable bonds is 7. The molecule has 0 saturated carbocycles. The number of anilines is 2. The van der Waals surface area contributed by atoms with Crippen molar-refractivity contribution in [2.75, 3.05) is 29.9 Å². The van der Waals surface area contributed by atoms with Crippen LogP contribution in [0.25, 0.3) is 17.0 Å². The molecule has 28 heavy (non-hydrogen) atoms.